The number of oxime groups is 1. The lowest BCUT2D eigenvalue weighted by atomic mass is 9.94. The second-order valence-electron chi connectivity index (χ2n) is 8.90. The van der Waals surface area contributed by atoms with Crippen LogP contribution in [0.4, 0.5) is 5.69 Å². The zero-order valence-electron chi connectivity index (χ0n) is 20.7. The van der Waals surface area contributed by atoms with Crippen LogP contribution in [0.1, 0.15) is 34.8 Å². The van der Waals surface area contributed by atoms with Gasteiger partial charge in [-0.25, -0.2) is 4.79 Å². The Morgan fingerprint density at radius 1 is 1.00 bits per heavy atom. The summed E-state index contributed by atoms with van der Waals surface area (Å²) in [6, 6.07) is 20.1. The molecule has 0 spiro atoms. The van der Waals surface area contributed by atoms with Crippen LogP contribution >= 0.6 is 23.2 Å². The molecule has 196 valence electrons. The van der Waals surface area contributed by atoms with E-state index in [0.717, 1.165) is 11.1 Å². The number of esters is 1. The molecule has 0 bridgehead atoms. The van der Waals surface area contributed by atoms with E-state index < -0.39 is 29.4 Å². The van der Waals surface area contributed by atoms with Crippen LogP contribution in [0.2, 0.25) is 10.0 Å². The van der Waals surface area contributed by atoms with Crippen LogP contribution in [-0.4, -0.2) is 42.2 Å². The first-order chi connectivity index (χ1) is 18.2. The molecule has 2 atom stereocenters. The van der Waals surface area contributed by atoms with E-state index in [1.54, 1.807) is 49.4 Å². The van der Waals surface area contributed by atoms with Crippen molar-refractivity contribution in [2.45, 2.75) is 31.4 Å². The fourth-order valence-electron chi connectivity index (χ4n) is 3.96. The number of carbonyl (C=O) groups excluding carboxylic acids is 3. The van der Waals surface area contributed by atoms with Crippen LogP contribution in [0.15, 0.2) is 78.0 Å². The van der Waals surface area contributed by atoms with Crippen molar-refractivity contribution < 1.29 is 24.0 Å². The van der Waals surface area contributed by atoms with Crippen molar-refractivity contribution in [3.8, 4) is 0 Å². The number of hydrogen-bond acceptors (Lipinski definition) is 6. The molecule has 0 radical (unpaired) electrons. The van der Waals surface area contributed by atoms with Gasteiger partial charge in [-0.15, -0.1) is 0 Å². The first kappa shape index (κ1) is 27.2. The number of methoxy groups -OCH3 is 1. The molecule has 1 aliphatic heterocycles. The summed E-state index contributed by atoms with van der Waals surface area (Å²) in [4.78, 5) is 43.8. The maximum atomic E-state index is 13.1. The Bertz CT molecular complexity index is 1360. The lowest BCUT2D eigenvalue weighted by Gasteiger charge is -2.24. The van der Waals surface area contributed by atoms with E-state index in [4.69, 9.17) is 32.8 Å². The number of rotatable bonds is 8. The number of nitrogens with zero attached hydrogens (tertiary/aromatic N) is 1. The van der Waals surface area contributed by atoms with Crippen LogP contribution in [0.3, 0.4) is 0 Å². The molecule has 2 N–H and O–H groups in total. The highest BCUT2D eigenvalue weighted by Crippen LogP contribution is 2.28. The molecular formula is C28H25Cl2N3O5. The standard InChI is InChI=1S/C28H25Cl2N3O5/c1-28(16-23(33-38-28)18-7-4-3-5-8-18)27(36)32-22(26(35)37-2)15-17-11-13-19(14-12-17)31-25(34)24-20(29)9-6-10-21(24)30/h3-14,22H,15-16H2,1-2H3,(H,31,34)(H,32,36)/t22-,28?/m0/s1. The minimum Gasteiger partial charge on any atom is -0.467 e. The Balaban J connectivity index is 1.41. The van der Waals surface area contributed by atoms with Gasteiger partial charge in [0.15, 0.2) is 0 Å². The second-order valence-corrected chi connectivity index (χ2v) is 9.72. The van der Waals surface area contributed by atoms with Gasteiger partial charge in [0.1, 0.15) is 6.04 Å². The van der Waals surface area contributed by atoms with E-state index in [9.17, 15) is 14.4 Å². The van der Waals surface area contributed by atoms with E-state index in [-0.39, 0.29) is 28.5 Å². The third-order valence-corrected chi connectivity index (χ3v) is 6.71. The Morgan fingerprint density at radius 2 is 1.66 bits per heavy atom. The van der Waals surface area contributed by atoms with Crippen molar-refractivity contribution in [1.82, 2.24) is 5.32 Å². The van der Waals surface area contributed by atoms with Gasteiger partial charge in [0.25, 0.3) is 11.8 Å². The largest absolute Gasteiger partial charge is 0.467 e. The summed E-state index contributed by atoms with van der Waals surface area (Å²) in [5.74, 6) is -1.53. The van der Waals surface area contributed by atoms with Gasteiger partial charge in [-0.1, -0.05) is 76.9 Å². The topological polar surface area (TPSA) is 106 Å². The van der Waals surface area contributed by atoms with Gasteiger partial charge < -0.3 is 20.2 Å². The van der Waals surface area contributed by atoms with Gasteiger partial charge in [-0.3, -0.25) is 9.59 Å². The smallest absolute Gasteiger partial charge is 0.328 e. The SMILES string of the molecule is COC(=O)[C@H](Cc1ccc(NC(=O)c2c(Cl)cccc2Cl)cc1)NC(=O)C1(C)CC(c2ccccc2)=NO1. The van der Waals surface area contributed by atoms with Crippen LogP contribution in [0.5, 0.6) is 0 Å². The second kappa shape index (κ2) is 11.7. The molecule has 3 aromatic rings. The number of ether oxygens (including phenoxy) is 1. The van der Waals surface area contributed by atoms with Gasteiger partial charge in [0, 0.05) is 18.5 Å². The first-order valence-corrected chi connectivity index (χ1v) is 12.5. The van der Waals surface area contributed by atoms with Crippen molar-refractivity contribution in [2.24, 2.45) is 5.16 Å². The quantitative estimate of drug-likeness (QED) is 0.380. The van der Waals surface area contributed by atoms with Crippen molar-refractivity contribution in [3.63, 3.8) is 0 Å². The maximum absolute atomic E-state index is 13.1. The Labute approximate surface area is 229 Å². The molecule has 0 aliphatic carbocycles. The highest BCUT2D eigenvalue weighted by molar-refractivity contribution is 6.40. The first-order valence-electron chi connectivity index (χ1n) is 11.7. The van der Waals surface area contributed by atoms with Crippen molar-refractivity contribution >= 4 is 52.4 Å². The molecule has 1 aliphatic rings. The predicted octanol–water partition coefficient (Wildman–Crippen LogP) is 5.03. The summed E-state index contributed by atoms with van der Waals surface area (Å²) >= 11 is 12.2. The number of nitrogens with one attached hydrogen (secondary N) is 2. The molecule has 0 aromatic heterocycles. The van der Waals surface area contributed by atoms with E-state index in [2.05, 4.69) is 15.8 Å². The monoisotopic (exact) mass is 553 g/mol. The Kier molecular flexibility index (Phi) is 8.34. The van der Waals surface area contributed by atoms with Gasteiger partial charge in [0.2, 0.25) is 5.60 Å². The van der Waals surface area contributed by atoms with Gasteiger partial charge in [0.05, 0.1) is 28.4 Å². The van der Waals surface area contributed by atoms with Crippen molar-refractivity contribution in [3.05, 3.63) is 99.5 Å². The molecule has 0 saturated heterocycles. The molecule has 8 nitrogen and oxygen atoms in total. The molecule has 4 rings (SSSR count). The minimum absolute atomic E-state index is 0.158. The van der Waals surface area contributed by atoms with E-state index >= 15 is 0 Å². The maximum Gasteiger partial charge on any atom is 0.328 e. The van der Waals surface area contributed by atoms with E-state index in [1.165, 1.54) is 7.11 Å². The van der Waals surface area contributed by atoms with Crippen molar-refractivity contribution in [1.29, 1.82) is 0 Å². The summed E-state index contributed by atoms with van der Waals surface area (Å²) < 4.78 is 4.91. The number of halogens is 2. The summed E-state index contributed by atoms with van der Waals surface area (Å²) in [5, 5.41) is 10.1. The molecule has 1 heterocycles. The van der Waals surface area contributed by atoms with E-state index in [0.29, 0.717) is 11.4 Å². The fraction of sp³-hybridized carbons (Fsp3) is 0.214. The molecule has 0 fully saturated rings. The lowest BCUT2D eigenvalue weighted by Crippen LogP contribution is -2.52. The summed E-state index contributed by atoms with van der Waals surface area (Å²) in [7, 11) is 1.25. The number of hydrogen-bond donors (Lipinski definition) is 2. The molecular weight excluding hydrogens is 529 g/mol. The predicted molar refractivity (Wildman–Crippen MR) is 146 cm³/mol. The molecule has 2 amide bonds. The summed E-state index contributed by atoms with van der Waals surface area (Å²) in [6.07, 6.45) is 0.409. The number of benzene rings is 3. The number of anilines is 1. The highest BCUT2D eigenvalue weighted by Gasteiger charge is 2.43. The van der Waals surface area contributed by atoms with Crippen LogP contribution in [0.25, 0.3) is 0 Å². The minimum atomic E-state index is -1.27. The van der Waals surface area contributed by atoms with Gasteiger partial charge in [-0.05, 0) is 42.3 Å². The molecule has 38 heavy (non-hydrogen) atoms. The molecule has 10 heteroatoms. The highest BCUT2D eigenvalue weighted by atomic mass is 35.5. The zero-order valence-corrected chi connectivity index (χ0v) is 22.2. The zero-order chi connectivity index (χ0) is 27.3. The van der Waals surface area contributed by atoms with Crippen LogP contribution < -0.4 is 10.6 Å². The Morgan fingerprint density at radius 3 is 2.29 bits per heavy atom. The van der Waals surface area contributed by atoms with Gasteiger partial charge in [-0.2, -0.15) is 0 Å². The van der Waals surface area contributed by atoms with Crippen LogP contribution in [0, 0.1) is 0 Å². The average Bonchev–Trinajstić information content (AvgIpc) is 3.32. The molecule has 3 aromatic carbocycles. The van der Waals surface area contributed by atoms with Crippen LogP contribution in [-0.2, 0) is 25.6 Å². The molecule has 0 saturated carbocycles. The third-order valence-electron chi connectivity index (χ3n) is 6.08. The average molecular weight is 554 g/mol. The fourth-order valence-corrected chi connectivity index (χ4v) is 4.53. The normalized spacial score (nSPS) is 17.1. The lowest BCUT2D eigenvalue weighted by molar-refractivity contribution is -0.150. The van der Waals surface area contributed by atoms with Crippen molar-refractivity contribution in [2.75, 3.05) is 12.4 Å². The van der Waals surface area contributed by atoms with E-state index in [1.807, 2.05) is 30.3 Å². The molecule has 1 unspecified atom stereocenters. The summed E-state index contributed by atoms with van der Waals surface area (Å²) in [5.41, 5.74) is 1.64. The summed E-state index contributed by atoms with van der Waals surface area (Å²) in [6.45, 7) is 1.62. The van der Waals surface area contributed by atoms with Gasteiger partial charge >= 0.3 is 5.97 Å². The number of carbonyl (C=O) groups is 3. The third kappa shape index (κ3) is 6.15. The number of amides is 2. The Hall–Kier alpha value is -3.88.